The lowest BCUT2D eigenvalue weighted by Gasteiger charge is -2.16. The zero-order valence-electron chi connectivity index (χ0n) is 10.8. The van der Waals surface area contributed by atoms with Gasteiger partial charge in [-0.05, 0) is 36.2 Å². The second kappa shape index (κ2) is 4.57. The minimum absolute atomic E-state index is 0.473. The van der Waals surface area contributed by atoms with Crippen molar-refractivity contribution in [1.82, 2.24) is 25.4 Å². The van der Waals surface area contributed by atoms with E-state index < -0.39 is 0 Å². The molecule has 0 amide bonds. The molecule has 6 heteroatoms. The van der Waals surface area contributed by atoms with Crippen molar-refractivity contribution in [3.63, 3.8) is 0 Å². The van der Waals surface area contributed by atoms with Gasteiger partial charge in [-0.15, -0.1) is 0 Å². The summed E-state index contributed by atoms with van der Waals surface area (Å²) in [6.07, 6.45) is 4.46. The summed E-state index contributed by atoms with van der Waals surface area (Å²) in [5.74, 6) is 1.60. The van der Waals surface area contributed by atoms with Gasteiger partial charge < -0.3 is 14.8 Å². The summed E-state index contributed by atoms with van der Waals surface area (Å²) in [6, 6.07) is 6.28. The van der Waals surface area contributed by atoms with Crippen LogP contribution in [0.3, 0.4) is 0 Å². The fraction of sp³-hybridized carbons (Fsp3) is 0.214. The standard InChI is InChI=1S/C14H13N5O/c1-2-10(7-11-8-15-4-3-9(1)11)14-18-13(19-20-14)12-16-5-6-17-12/h1-2,5-7,15H,3-4,8H2,(H,16,17). The van der Waals surface area contributed by atoms with Crippen LogP contribution in [0.2, 0.25) is 0 Å². The van der Waals surface area contributed by atoms with Crippen LogP contribution in [0.25, 0.3) is 23.1 Å². The van der Waals surface area contributed by atoms with Crippen LogP contribution in [0.4, 0.5) is 0 Å². The molecule has 6 nitrogen and oxygen atoms in total. The third-order valence-electron chi connectivity index (χ3n) is 3.48. The van der Waals surface area contributed by atoms with E-state index in [2.05, 4.69) is 37.6 Å². The van der Waals surface area contributed by atoms with Gasteiger partial charge in [-0.2, -0.15) is 4.98 Å². The second-order valence-corrected chi connectivity index (χ2v) is 4.77. The largest absolute Gasteiger partial charge is 0.342 e. The molecule has 0 saturated heterocycles. The Balaban J connectivity index is 1.71. The van der Waals surface area contributed by atoms with Crippen molar-refractivity contribution in [2.75, 3.05) is 6.54 Å². The molecule has 0 bridgehead atoms. The average Bonchev–Trinajstić information content (AvgIpc) is 3.17. The Kier molecular flexibility index (Phi) is 2.60. The Bertz CT molecular complexity index is 732. The predicted octanol–water partition coefficient (Wildman–Crippen LogP) is 1.77. The summed E-state index contributed by atoms with van der Waals surface area (Å²) in [7, 11) is 0. The molecule has 0 radical (unpaired) electrons. The van der Waals surface area contributed by atoms with Crippen molar-refractivity contribution < 1.29 is 4.52 Å². The summed E-state index contributed by atoms with van der Waals surface area (Å²) >= 11 is 0. The number of aromatic nitrogens is 4. The van der Waals surface area contributed by atoms with E-state index in [-0.39, 0.29) is 0 Å². The number of H-pyrrole nitrogens is 1. The second-order valence-electron chi connectivity index (χ2n) is 4.77. The van der Waals surface area contributed by atoms with Crippen molar-refractivity contribution >= 4 is 0 Å². The van der Waals surface area contributed by atoms with Crippen molar-refractivity contribution in [3.05, 3.63) is 41.7 Å². The molecule has 2 N–H and O–H groups in total. The molecule has 3 heterocycles. The molecule has 100 valence electrons. The molecule has 3 aromatic rings. The molecule has 0 unspecified atom stereocenters. The van der Waals surface area contributed by atoms with Crippen LogP contribution in [0, 0.1) is 0 Å². The van der Waals surface area contributed by atoms with E-state index in [0.717, 1.165) is 25.1 Å². The van der Waals surface area contributed by atoms with Crippen LogP contribution in [-0.4, -0.2) is 26.7 Å². The van der Waals surface area contributed by atoms with Crippen molar-refractivity contribution in [1.29, 1.82) is 0 Å². The van der Waals surface area contributed by atoms with E-state index >= 15 is 0 Å². The lowest BCUT2D eigenvalue weighted by molar-refractivity contribution is 0.432. The Morgan fingerprint density at radius 3 is 3.10 bits per heavy atom. The van der Waals surface area contributed by atoms with Crippen molar-refractivity contribution in [2.24, 2.45) is 0 Å². The third kappa shape index (κ3) is 1.90. The number of benzene rings is 1. The highest BCUT2D eigenvalue weighted by molar-refractivity contribution is 5.58. The molecule has 20 heavy (non-hydrogen) atoms. The zero-order valence-corrected chi connectivity index (χ0v) is 10.8. The zero-order chi connectivity index (χ0) is 13.4. The molecule has 0 saturated carbocycles. The van der Waals surface area contributed by atoms with Gasteiger partial charge in [0.1, 0.15) is 0 Å². The highest BCUT2D eigenvalue weighted by Gasteiger charge is 2.15. The van der Waals surface area contributed by atoms with E-state index in [1.54, 1.807) is 12.4 Å². The van der Waals surface area contributed by atoms with Crippen LogP contribution in [0.15, 0.2) is 35.1 Å². The number of rotatable bonds is 2. The first kappa shape index (κ1) is 11.4. The number of aromatic amines is 1. The number of nitrogens with one attached hydrogen (secondary N) is 2. The average molecular weight is 267 g/mol. The van der Waals surface area contributed by atoms with E-state index in [1.165, 1.54) is 11.1 Å². The Labute approximate surface area is 115 Å². The molecule has 0 atom stereocenters. The quantitative estimate of drug-likeness (QED) is 0.739. The van der Waals surface area contributed by atoms with Gasteiger partial charge in [0.05, 0.1) is 0 Å². The molecular weight excluding hydrogens is 254 g/mol. The fourth-order valence-electron chi connectivity index (χ4n) is 2.44. The Morgan fingerprint density at radius 1 is 1.20 bits per heavy atom. The summed E-state index contributed by atoms with van der Waals surface area (Å²) < 4.78 is 5.32. The lowest BCUT2D eigenvalue weighted by Crippen LogP contribution is -2.23. The highest BCUT2D eigenvalue weighted by Crippen LogP contribution is 2.24. The monoisotopic (exact) mass is 267 g/mol. The van der Waals surface area contributed by atoms with Gasteiger partial charge >= 0.3 is 0 Å². The molecule has 0 spiro atoms. The maximum Gasteiger partial charge on any atom is 0.258 e. The van der Waals surface area contributed by atoms with E-state index in [4.69, 9.17) is 4.52 Å². The summed E-state index contributed by atoms with van der Waals surface area (Å²) in [4.78, 5) is 11.5. The molecule has 4 rings (SSSR count). The van der Waals surface area contributed by atoms with Crippen LogP contribution >= 0.6 is 0 Å². The third-order valence-corrected chi connectivity index (χ3v) is 3.48. The van der Waals surface area contributed by atoms with Crippen LogP contribution in [0.5, 0.6) is 0 Å². The van der Waals surface area contributed by atoms with E-state index in [9.17, 15) is 0 Å². The molecule has 2 aromatic heterocycles. The first-order valence-electron chi connectivity index (χ1n) is 6.56. The van der Waals surface area contributed by atoms with Crippen molar-refractivity contribution in [3.8, 4) is 23.1 Å². The number of fused-ring (bicyclic) bond motifs is 1. The SMILES string of the molecule is c1c[nH]c(-c2noc(-c3ccc4c(c3)CNCC4)n2)n1. The van der Waals surface area contributed by atoms with Gasteiger partial charge in [-0.25, -0.2) is 4.98 Å². The molecule has 0 fully saturated rings. The first-order chi connectivity index (χ1) is 9.90. The Morgan fingerprint density at radius 2 is 2.20 bits per heavy atom. The molecule has 1 aliphatic heterocycles. The normalized spacial score (nSPS) is 14.2. The molecule has 0 aliphatic carbocycles. The van der Waals surface area contributed by atoms with Crippen molar-refractivity contribution in [2.45, 2.75) is 13.0 Å². The summed E-state index contributed by atoms with van der Waals surface area (Å²) in [5.41, 5.74) is 3.63. The Hall–Kier alpha value is -2.47. The maximum atomic E-state index is 5.32. The summed E-state index contributed by atoms with van der Waals surface area (Å²) in [5, 5.41) is 7.32. The molecule has 1 aromatic carbocycles. The number of hydrogen-bond acceptors (Lipinski definition) is 5. The predicted molar refractivity (Wildman–Crippen MR) is 72.7 cm³/mol. The van der Waals surface area contributed by atoms with E-state index in [0.29, 0.717) is 17.5 Å². The smallest absolute Gasteiger partial charge is 0.258 e. The minimum atomic E-state index is 0.473. The lowest BCUT2D eigenvalue weighted by atomic mass is 9.98. The van der Waals surface area contributed by atoms with Gasteiger partial charge in [0.25, 0.3) is 5.89 Å². The van der Waals surface area contributed by atoms with Gasteiger partial charge in [-0.1, -0.05) is 11.2 Å². The summed E-state index contributed by atoms with van der Waals surface area (Å²) in [6.45, 7) is 1.93. The number of hydrogen-bond donors (Lipinski definition) is 2. The first-order valence-corrected chi connectivity index (χ1v) is 6.56. The molecular formula is C14H13N5O. The fourth-order valence-corrected chi connectivity index (χ4v) is 2.44. The topological polar surface area (TPSA) is 79.6 Å². The van der Waals surface area contributed by atoms with E-state index in [1.807, 2.05) is 6.07 Å². The van der Waals surface area contributed by atoms with Gasteiger partial charge in [0, 0.05) is 24.5 Å². The molecule has 1 aliphatic rings. The van der Waals surface area contributed by atoms with Crippen LogP contribution in [-0.2, 0) is 13.0 Å². The number of imidazole rings is 1. The maximum absolute atomic E-state index is 5.32. The van der Waals surface area contributed by atoms with Gasteiger partial charge in [-0.3, -0.25) is 0 Å². The van der Waals surface area contributed by atoms with Crippen LogP contribution < -0.4 is 5.32 Å². The minimum Gasteiger partial charge on any atom is -0.342 e. The van der Waals surface area contributed by atoms with Crippen LogP contribution in [0.1, 0.15) is 11.1 Å². The van der Waals surface area contributed by atoms with Gasteiger partial charge in [0.15, 0.2) is 5.82 Å². The number of nitrogens with zero attached hydrogens (tertiary/aromatic N) is 3. The highest BCUT2D eigenvalue weighted by atomic mass is 16.5. The van der Waals surface area contributed by atoms with Gasteiger partial charge in [0.2, 0.25) is 5.82 Å².